The van der Waals surface area contributed by atoms with E-state index in [0.717, 1.165) is 59.5 Å². The van der Waals surface area contributed by atoms with E-state index in [9.17, 15) is 14.4 Å². The highest BCUT2D eigenvalue weighted by Crippen LogP contribution is 2.19. The largest absolute Gasteiger partial charge is 0.356 e. The maximum absolute atomic E-state index is 12.5. The van der Waals surface area contributed by atoms with Crippen LogP contribution < -0.4 is 16.0 Å². The van der Waals surface area contributed by atoms with Crippen molar-refractivity contribution in [2.75, 3.05) is 11.9 Å². The molecular formula is C30H35N7O3S. The molecular weight excluding hydrogens is 538 g/mol. The van der Waals surface area contributed by atoms with Gasteiger partial charge in [-0.3, -0.25) is 14.4 Å². The normalized spacial score (nSPS) is 12.7. The number of carbonyl (C=O) groups excluding carboxylic acids is 3. The number of rotatable bonds is 13. The van der Waals surface area contributed by atoms with Crippen LogP contribution in [0.2, 0.25) is 0 Å². The van der Waals surface area contributed by atoms with Gasteiger partial charge in [0, 0.05) is 32.0 Å². The number of aryl methyl sites for hydroxylation is 1. The number of anilines is 1. The lowest BCUT2D eigenvalue weighted by atomic mass is 10.1. The molecule has 0 saturated carbocycles. The third-order valence-electron chi connectivity index (χ3n) is 6.42. The van der Waals surface area contributed by atoms with Crippen molar-refractivity contribution in [3.8, 4) is 0 Å². The van der Waals surface area contributed by atoms with Gasteiger partial charge >= 0.3 is 0 Å². The van der Waals surface area contributed by atoms with Crippen LogP contribution in [0.1, 0.15) is 60.7 Å². The molecule has 0 aliphatic carbocycles. The molecule has 2 heterocycles. The summed E-state index contributed by atoms with van der Waals surface area (Å²) in [7, 11) is 0. The summed E-state index contributed by atoms with van der Waals surface area (Å²) in [6.45, 7) is 2.06. The second-order valence-corrected chi connectivity index (χ2v) is 11.0. The number of hydrogen-bond acceptors (Lipinski definition) is 8. The molecule has 41 heavy (non-hydrogen) atoms. The molecule has 3 N–H and O–H groups in total. The van der Waals surface area contributed by atoms with Crippen LogP contribution in [0.15, 0.2) is 64.8 Å². The van der Waals surface area contributed by atoms with E-state index in [0.29, 0.717) is 36.8 Å². The molecule has 3 amide bonds. The first-order chi connectivity index (χ1) is 19.9. The van der Waals surface area contributed by atoms with Gasteiger partial charge in [0.25, 0.3) is 0 Å². The van der Waals surface area contributed by atoms with E-state index in [1.807, 2.05) is 54.6 Å². The summed E-state index contributed by atoms with van der Waals surface area (Å²) >= 11 is 1.39. The first kappa shape index (κ1) is 29.7. The topological polar surface area (TPSA) is 138 Å². The van der Waals surface area contributed by atoms with Crippen LogP contribution >= 0.6 is 11.3 Å². The molecule has 10 nitrogen and oxygen atoms in total. The number of hydrogen-bond donors (Lipinski definition) is 3. The molecule has 0 bridgehead atoms. The summed E-state index contributed by atoms with van der Waals surface area (Å²) in [5.41, 5.74) is 3.98. The van der Waals surface area contributed by atoms with E-state index in [1.54, 1.807) is 0 Å². The molecule has 0 fully saturated rings. The smallest absolute Gasteiger partial charge is 0.230 e. The molecule has 3 aromatic rings. The third kappa shape index (κ3) is 10.7. The quantitative estimate of drug-likeness (QED) is 0.265. The number of nitrogens with one attached hydrogen (secondary N) is 3. The summed E-state index contributed by atoms with van der Waals surface area (Å²) in [5.74, 6) is 0.346. The van der Waals surface area contributed by atoms with Gasteiger partial charge in [-0.05, 0) is 48.8 Å². The van der Waals surface area contributed by atoms with Gasteiger partial charge in [0.2, 0.25) is 22.9 Å². The van der Waals surface area contributed by atoms with E-state index in [2.05, 4.69) is 36.4 Å². The molecule has 1 aromatic heterocycles. The molecule has 4 rings (SSSR count). The van der Waals surface area contributed by atoms with Gasteiger partial charge in [0.1, 0.15) is 10.8 Å². The van der Waals surface area contributed by atoms with Crippen LogP contribution in [-0.4, -0.2) is 46.0 Å². The Morgan fingerprint density at radius 1 is 0.780 bits per heavy atom. The van der Waals surface area contributed by atoms with E-state index >= 15 is 0 Å². The van der Waals surface area contributed by atoms with Crippen molar-refractivity contribution < 1.29 is 14.4 Å². The van der Waals surface area contributed by atoms with Crippen LogP contribution in [0.4, 0.5) is 5.13 Å². The van der Waals surface area contributed by atoms with E-state index in [-0.39, 0.29) is 24.1 Å². The van der Waals surface area contributed by atoms with Crippen LogP contribution in [0, 0.1) is 0 Å². The highest BCUT2D eigenvalue weighted by Gasteiger charge is 2.14. The Morgan fingerprint density at radius 2 is 1.51 bits per heavy atom. The zero-order valence-electron chi connectivity index (χ0n) is 23.2. The second kappa shape index (κ2) is 15.5. The van der Waals surface area contributed by atoms with Crippen LogP contribution in [0.25, 0.3) is 0 Å². The van der Waals surface area contributed by atoms with Gasteiger partial charge in [0.05, 0.1) is 12.8 Å². The predicted molar refractivity (Wildman–Crippen MR) is 161 cm³/mol. The third-order valence-corrected chi connectivity index (χ3v) is 7.32. The highest BCUT2D eigenvalue weighted by atomic mass is 32.1. The molecule has 11 heteroatoms. The van der Waals surface area contributed by atoms with Crippen LogP contribution in [0.5, 0.6) is 0 Å². The maximum Gasteiger partial charge on any atom is 0.230 e. The summed E-state index contributed by atoms with van der Waals surface area (Å²) in [6.07, 6.45) is 6.25. The highest BCUT2D eigenvalue weighted by molar-refractivity contribution is 7.15. The Bertz CT molecular complexity index is 1400. The molecule has 0 radical (unpaired) electrons. The molecule has 1 aliphatic rings. The zero-order chi connectivity index (χ0) is 28.9. The van der Waals surface area contributed by atoms with Crippen molar-refractivity contribution in [1.29, 1.82) is 0 Å². The van der Waals surface area contributed by atoms with Crippen molar-refractivity contribution in [2.24, 2.45) is 10.2 Å². The fourth-order valence-corrected chi connectivity index (χ4v) is 5.18. The number of benzene rings is 2. The predicted octanol–water partition coefficient (Wildman–Crippen LogP) is 4.02. The van der Waals surface area contributed by atoms with Crippen molar-refractivity contribution in [2.45, 2.75) is 64.7 Å². The maximum atomic E-state index is 12.5. The van der Waals surface area contributed by atoms with Gasteiger partial charge in [-0.15, -0.1) is 15.3 Å². The molecule has 0 saturated heterocycles. The lowest BCUT2D eigenvalue weighted by molar-refractivity contribution is -0.119. The number of amides is 3. The van der Waals surface area contributed by atoms with E-state index in [1.165, 1.54) is 18.3 Å². The van der Waals surface area contributed by atoms with Gasteiger partial charge < -0.3 is 16.0 Å². The Kier molecular flexibility index (Phi) is 11.2. The van der Waals surface area contributed by atoms with Crippen molar-refractivity contribution in [1.82, 2.24) is 20.8 Å². The Morgan fingerprint density at radius 3 is 2.29 bits per heavy atom. The van der Waals surface area contributed by atoms with E-state index < -0.39 is 0 Å². The van der Waals surface area contributed by atoms with Crippen molar-refractivity contribution in [3.05, 3.63) is 76.3 Å². The average Bonchev–Trinajstić information content (AvgIpc) is 3.39. The minimum Gasteiger partial charge on any atom is -0.356 e. The zero-order valence-corrected chi connectivity index (χ0v) is 24.0. The van der Waals surface area contributed by atoms with Crippen LogP contribution in [-0.2, 0) is 40.1 Å². The first-order valence-corrected chi connectivity index (χ1v) is 14.6. The minimum atomic E-state index is -0.141. The molecule has 0 spiro atoms. The standard InChI is InChI=1S/C30H35N7O3S/c1-21(38)31-17-16-23-10-7-11-24(18-23)20-28(40)33-30-37-36-29(41-30)13-6-5-12-25-14-15-26(35-34-25)32-27(39)19-22-8-3-2-4-9-22/h2-4,7-11,18H,5-6,12-17,19-20H2,1H3,(H,31,38)(H,32,35,39)(H,33,37,40). The molecule has 1 aliphatic heterocycles. The molecule has 0 atom stereocenters. The van der Waals surface area contributed by atoms with Gasteiger partial charge in [-0.1, -0.05) is 65.9 Å². The molecule has 214 valence electrons. The SMILES string of the molecule is CC(=O)NCCc1cccc(CC(=O)Nc2nnc(CCCCC3=NN=C(NC(=O)Cc4ccccc4)CC3)s2)c1. The second-order valence-electron chi connectivity index (χ2n) is 9.91. The Labute approximate surface area is 243 Å². The molecule has 0 unspecified atom stereocenters. The van der Waals surface area contributed by atoms with Crippen LogP contribution in [0.3, 0.4) is 0 Å². The lowest BCUT2D eigenvalue weighted by Crippen LogP contribution is -2.33. The summed E-state index contributed by atoms with van der Waals surface area (Å²) < 4.78 is 0. The van der Waals surface area contributed by atoms with Gasteiger partial charge in [-0.2, -0.15) is 5.10 Å². The first-order valence-electron chi connectivity index (χ1n) is 13.8. The Balaban J connectivity index is 1.13. The fraction of sp³-hybridized carbons (Fsp3) is 0.367. The average molecular weight is 574 g/mol. The van der Waals surface area contributed by atoms with E-state index in [4.69, 9.17) is 0 Å². The minimum absolute atomic E-state index is 0.0536. The number of aromatic nitrogens is 2. The number of carbonyl (C=O) groups is 3. The lowest BCUT2D eigenvalue weighted by Gasteiger charge is -2.13. The van der Waals surface area contributed by atoms with Gasteiger partial charge in [0.15, 0.2) is 0 Å². The number of amidine groups is 1. The van der Waals surface area contributed by atoms with Crippen molar-refractivity contribution in [3.63, 3.8) is 0 Å². The number of unbranched alkanes of at least 4 members (excludes halogenated alkanes) is 1. The Hall–Kier alpha value is -4.25. The van der Waals surface area contributed by atoms with Gasteiger partial charge in [-0.25, -0.2) is 0 Å². The summed E-state index contributed by atoms with van der Waals surface area (Å²) in [4.78, 5) is 35.8. The monoisotopic (exact) mass is 573 g/mol. The fourth-order valence-electron chi connectivity index (χ4n) is 4.38. The number of nitrogens with zero attached hydrogens (tertiary/aromatic N) is 4. The molecule has 2 aromatic carbocycles. The summed E-state index contributed by atoms with van der Waals surface area (Å²) in [6, 6.07) is 17.4. The summed E-state index contributed by atoms with van der Waals surface area (Å²) in [5, 5.41) is 26.7. The van der Waals surface area contributed by atoms with Crippen molar-refractivity contribution >= 4 is 45.7 Å².